The van der Waals surface area contributed by atoms with Gasteiger partial charge in [-0.25, -0.2) is 9.18 Å². The van der Waals surface area contributed by atoms with Crippen molar-refractivity contribution in [2.75, 3.05) is 29.0 Å². The van der Waals surface area contributed by atoms with Gasteiger partial charge < -0.3 is 26.0 Å². The fourth-order valence-electron chi connectivity index (χ4n) is 5.63. The normalized spacial score (nSPS) is 15.3. The first-order valence-corrected chi connectivity index (χ1v) is 14.6. The van der Waals surface area contributed by atoms with Crippen molar-refractivity contribution < 1.29 is 13.9 Å². The summed E-state index contributed by atoms with van der Waals surface area (Å²) >= 11 is 0. The van der Waals surface area contributed by atoms with Crippen LogP contribution in [0, 0.1) is 5.82 Å². The van der Waals surface area contributed by atoms with Gasteiger partial charge in [0, 0.05) is 30.4 Å². The number of anilines is 4. The van der Waals surface area contributed by atoms with Crippen molar-refractivity contribution in [3.63, 3.8) is 0 Å². The van der Waals surface area contributed by atoms with E-state index in [-0.39, 0.29) is 23.8 Å². The summed E-state index contributed by atoms with van der Waals surface area (Å²) in [5.74, 6) is 0.474. The van der Waals surface area contributed by atoms with Gasteiger partial charge in [0.2, 0.25) is 11.9 Å². The lowest BCUT2D eigenvalue weighted by Crippen LogP contribution is -2.46. The van der Waals surface area contributed by atoms with Crippen LogP contribution in [0.2, 0.25) is 0 Å². The van der Waals surface area contributed by atoms with Crippen LogP contribution in [0.15, 0.2) is 48.5 Å². The number of carbonyl (C=O) groups excluding carboxylic acids is 1. The lowest BCUT2D eigenvalue weighted by atomic mass is 10.0. The summed E-state index contributed by atoms with van der Waals surface area (Å²) in [6.07, 6.45) is 3.83. The zero-order valence-electron chi connectivity index (χ0n) is 24.6. The third-order valence-electron chi connectivity index (χ3n) is 7.63. The van der Waals surface area contributed by atoms with Crippen molar-refractivity contribution in [1.82, 2.24) is 30.3 Å². The molecule has 0 spiro atoms. The van der Waals surface area contributed by atoms with Crippen LogP contribution in [0.25, 0.3) is 17.1 Å². The first-order chi connectivity index (χ1) is 20.6. The summed E-state index contributed by atoms with van der Waals surface area (Å²) in [5.41, 5.74) is 11.0. The molecule has 1 aliphatic carbocycles. The van der Waals surface area contributed by atoms with E-state index < -0.39 is 11.7 Å². The van der Waals surface area contributed by atoms with Crippen molar-refractivity contribution in [2.24, 2.45) is 0 Å². The SMILES string of the molecule is CC(C)(C)OC(=O)NC1CCN(c2ccc(Nc3nc(N)n(-c4cc5c(nn4)-c4ccccc4CCC5)n3)cc2F)CC1. The zero-order chi connectivity index (χ0) is 30.1. The molecular weight excluding hydrogens is 549 g/mol. The Hall–Kier alpha value is -4.74. The first-order valence-electron chi connectivity index (χ1n) is 14.6. The van der Waals surface area contributed by atoms with Crippen LogP contribution in [-0.2, 0) is 17.6 Å². The first kappa shape index (κ1) is 28.4. The van der Waals surface area contributed by atoms with Gasteiger partial charge in [-0.1, -0.05) is 24.3 Å². The Bertz CT molecular complexity index is 1640. The molecule has 0 unspecified atom stereocenters. The number of fused-ring (bicyclic) bond motifs is 3. The Morgan fingerprint density at radius 1 is 1.05 bits per heavy atom. The minimum atomic E-state index is -0.550. The molecule has 4 N–H and O–H groups in total. The summed E-state index contributed by atoms with van der Waals surface area (Å²) < 4.78 is 22.0. The quantitative estimate of drug-likeness (QED) is 0.290. The zero-order valence-corrected chi connectivity index (χ0v) is 24.6. The number of amides is 1. The summed E-state index contributed by atoms with van der Waals surface area (Å²) in [5, 5.41) is 19.4. The molecule has 2 aromatic heterocycles. The average Bonchev–Trinajstić information content (AvgIpc) is 3.21. The largest absolute Gasteiger partial charge is 0.444 e. The topological polar surface area (TPSA) is 136 Å². The number of hydrogen-bond donors (Lipinski definition) is 3. The number of piperidine rings is 1. The predicted molar refractivity (Wildman–Crippen MR) is 163 cm³/mol. The number of alkyl carbamates (subject to hydrolysis) is 1. The molecule has 6 rings (SSSR count). The van der Waals surface area contributed by atoms with Crippen LogP contribution < -0.4 is 21.3 Å². The second kappa shape index (κ2) is 11.5. The molecule has 11 nitrogen and oxygen atoms in total. The number of ether oxygens (including phenoxy) is 1. The van der Waals surface area contributed by atoms with Gasteiger partial charge in [-0.2, -0.15) is 9.67 Å². The van der Waals surface area contributed by atoms with Crippen molar-refractivity contribution in [2.45, 2.75) is 64.5 Å². The van der Waals surface area contributed by atoms with E-state index >= 15 is 4.39 Å². The smallest absolute Gasteiger partial charge is 0.407 e. The predicted octanol–water partition coefficient (Wildman–Crippen LogP) is 5.17. The van der Waals surface area contributed by atoms with Crippen molar-refractivity contribution >= 4 is 29.4 Å². The van der Waals surface area contributed by atoms with E-state index in [0.717, 1.165) is 36.1 Å². The third kappa shape index (κ3) is 6.37. The van der Waals surface area contributed by atoms with E-state index in [0.29, 0.717) is 43.1 Å². The Balaban J connectivity index is 1.11. The molecule has 0 saturated carbocycles. The molecule has 2 aromatic carbocycles. The molecule has 43 heavy (non-hydrogen) atoms. The Kier molecular flexibility index (Phi) is 7.59. The minimum Gasteiger partial charge on any atom is -0.444 e. The van der Waals surface area contributed by atoms with Gasteiger partial charge in [0.15, 0.2) is 5.82 Å². The molecule has 0 radical (unpaired) electrons. The highest BCUT2D eigenvalue weighted by atomic mass is 19.1. The van der Waals surface area contributed by atoms with E-state index in [2.05, 4.69) is 43.0 Å². The summed E-state index contributed by atoms with van der Waals surface area (Å²) in [4.78, 5) is 18.4. The van der Waals surface area contributed by atoms with Crippen LogP contribution in [0.5, 0.6) is 0 Å². The number of carbonyl (C=O) groups is 1. The van der Waals surface area contributed by atoms with E-state index in [9.17, 15) is 4.79 Å². The molecule has 224 valence electrons. The second-order valence-electron chi connectivity index (χ2n) is 12.0. The van der Waals surface area contributed by atoms with E-state index in [1.54, 1.807) is 12.1 Å². The van der Waals surface area contributed by atoms with Gasteiger partial charge in [0.05, 0.1) is 11.4 Å². The number of halogens is 1. The van der Waals surface area contributed by atoms with E-state index in [1.165, 1.54) is 16.3 Å². The highest BCUT2D eigenvalue weighted by Gasteiger charge is 2.25. The fourth-order valence-corrected chi connectivity index (χ4v) is 5.63. The van der Waals surface area contributed by atoms with Crippen molar-refractivity contribution in [3.8, 4) is 17.1 Å². The van der Waals surface area contributed by atoms with Crippen LogP contribution in [-0.4, -0.2) is 55.8 Å². The molecule has 0 atom stereocenters. The van der Waals surface area contributed by atoms with Crippen molar-refractivity contribution in [3.05, 3.63) is 65.5 Å². The van der Waals surface area contributed by atoms with Crippen LogP contribution in [0.3, 0.4) is 0 Å². The van der Waals surface area contributed by atoms with E-state index in [1.807, 2.05) is 43.9 Å². The average molecular weight is 586 g/mol. The molecule has 1 saturated heterocycles. The van der Waals surface area contributed by atoms with Crippen LogP contribution in [0.4, 0.5) is 32.5 Å². The second-order valence-corrected chi connectivity index (χ2v) is 12.0. The lowest BCUT2D eigenvalue weighted by molar-refractivity contribution is 0.0497. The monoisotopic (exact) mass is 585 g/mol. The Morgan fingerprint density at radius 2 is 1.81 bits per heavy atom. The molecule has 0 bridgehead atoms. The number of aryl methyl sites for hydroxylation is 2. The van der Waals surface area contributed by atoms with Crippen LogP contribution >= 0.6 is 0 Å². The van der Waals surface area contributed by atoms with Gasteiger partial charge in [0.25, 0.3) is 0 Å². The number of nitrogens with one attached hydrogen (secondary N) is 2. The number of nitrogens with two attached hydrogens (primary N) is 1. The minimum absolute atomic E-state index is 0.0122. The number of hydrogen-bond acceptors (Lipinski definition) is 9. The summed E-state index contributed by atoms with van der Waals surface area (Å²) in [7, 11) is 0. The third-order valence-corrected chi connectivity index (χ3v) is 7.63. The Labute approximate surface area is 249 Å². The number of rotatable bonds is 5. The number of nitrogens with zero attached hydrogens (tertiary/aromatic N) is 6. The molecule has 12 heteroatoms. The fraction of sp³-hybridized carbons (Fsp3) is 0.387. The maximum atomic E-state index is 15.2. The molecule has 1 amide bonds. The molecular formula is C31H36FN9O2. The van der Waals surface area contributed by atoms with Crippen LogP contribution in [0.1, 0.15) is 51.2 Å². The van der Waals surface area contributed by atoms with Gasteiger partial charge in [-0.05, 0) is 88.3 Å². The maximum Gasteiger partial charge on any atom is 0.407 e. The van der Waals surface area contributed by atoms with Gasteiger partial charge in [-0.3, -0.25) is 0 Å². The Morgan fingerprint density at radius 3 is 2.58 bits per heavy atom. The summed E-state index contributed by atoms with van der Waals surface area (Å²) in [6.45, 7) is 6.71. The molecule has 1 fully saturated rings. The van der Waals surface area contributed by atoms with Gasteiger partial charge in [-0.15, -0.1) is 15.3 Å². The number of aromatic nitrogens is 5. The molecule has 1 aliphatic heterocycles. The number of nitrogen functional groups attached to an aromatic ring is 1. The lowest BCUT2D eigenvalue weighted by Gasteiger charge is -2.34. The molecule has 3 heterocycles. The van der Waals surface area contributed by atoms with Gasteiger partial charge >= 0.3 is 6.09 Å². The maximum absolute atomic E-state index is 15.2. The van der Waals surface area contributed by atoms with Gasteiger partial charge in [0.1, 0.15) is 11.4 Å². The molecule has 4 aromatic rings. The number of benzene rings is 2. The van der Waals surface area contributed by atoms with Crippen molar-refractivity contribution in [1.29, 1.82) is 0 Å². The van der Waals surface area contributed by atoms with E-state index in [4.69, 9.17) is 10.5 Å². The standard InChI is InChI=1S/C31H36FN9O2/c1-31(2,3)43-30(42)35-21-13-15-40(16-14-21)25-12-11-22(18-24(25)32)34-29-36-28(33)41(39-29)26-17-20-9-6-8-19-7-4-5-10-23(19)27(20)38-37-26/h4-5,7,10-12,17-18,21H,6,8-9,13-16H2,1-3H3,(H,35,42)(H3,33,34,36,39). The highest BCUT2D eigenvalue weighted by Crippen LogP contribution is 2.32. The molecule has 2 aliphatic rings. The summed E-state index contributed by atoms with van der Waals surface area (Å²) in [6, 6.07) is 15.1. The highest BCUT2D eigenvalue weighted by molar-refractivity contribution is 5.69.